The van der Waals surface area contributed by atoms with Gasteiger partial charge in [-0.2, -0.15) is 0 Å². The summed E-state index contributed by atoms with van der Waals surface area (Å²) in [4.78, 5) is 32.2. The van der Waals surface area contributed by atoms with E-state index < -0.39 is 6.10 Å². The molecule has 0 aliphatic carbocycles. The van der Waals surface area contributed by atoms with Crippen LogP contribution in [0.3, 0.4) is 0 Å². The van der Waals surface area contributed by atoms with Gasteiger partial charge in [0.1, 0.15) is 12.7 Å². The maximum Gasteiger partial charge on any atom is 0.303 e. The van der Waals surface area contributed by atoms with Gasteiger partial charge in [-0.25, -0.2) is 4.98 Å². The fourth-order valence-corrected chi connectivity index (χ4v) is 2.96. The zero-order chi connectivity index (χ0) is 19.2. The van der Waals surface area contributed by atoms with Crippen molar-refractivity contribution < 1.29 is 23.7 Å². The van der Waals surface area contributed by atoms with Crippen molar-refractivity contribution in [1.29, 1.82) is 0 Å². The third-order valence-electron chi connectivity index (χ3n) is 4.25. The molecule has 1 aliphatic rings. The lowest BCUT2D eigenvalue weighted by molar-refractivity contribution is -0.149. The molecule has 3 rings (SSSR count). The highest BCUT2D eigenvalue weighted by Gasteiger charge is 2.21. The van der Waals surface area contributed by atoms with E-state index in [2.05, 4.69) is 14.9 Å². The van der Waals surface area contributed by atoms with Crippen molar-refractivity contribution in [2.75, 3.05) is 46.6 Å². The molecule has 1 atom stereocenters. The lowest BCUT2D eigenvalue weighted by Gasteiger charge is -2.30. The third-order valence-corrected chi connectivity index (χ3v) is 4.25. The van der Waals surface area contributed by atoms with Crippen LogP contribution < -0.4 is 15.0 Å². The van der Waals surface area contributed by atoms with E-state index in [9.17, 15) is 9.59 Å². The predicted molar refractivity (Wildman–Crippen MR) is 97.2 cm³/mol. The Morgan fingerprint density at radius 2 is 2.11 bits per heavy atom. The highest BCUT2D eigenvalue weighted by Crippen LogP contribution is 2.30. The summed E-state index contributed by atoms with van der Waals surface area (Å²) in [6, 6.07) is 3.22. The van der Waals surface area contributed by atoms with E-state index in [1.165, 1.54) is 20.4 Å². The molecule has 27 heavy (non-hydrogen) atoms. The quantitative estimate of drug-likeness (QED) is 0.699. The zero-order valence-electron chi connectivity index (χ0n) is 15.4. The molecule has 0 radical (unpaired) electrons. The average molecular weight is 377 g/mol. The largest absolute Gasteiger partial charge is 0.493 e. The van der Waals surface area contributed by atoms with Gasteiger partial charge in [0.05, 0.1) is 37.6 Å². The number of carbonyl (C=O) groups is 1. The minimum Gasteiger partial charge on any atom is -0.493 e. The number of nitrogens with zero attached hydrogens (tertiary/aromatic N) is 2. The van der Waals surface area contributed by atoms with E-state index >= 15 is 0 Å². The van der Waals surface area contributed by atoms with E-state index in [-0.39, 0.29) is 18.1 Å². The van der Waals surface area contributed by atoms with Gasteiger partial charge in [0.15, 0.2) is 11.5 Å². The van der Waals surface area contributed by atoms with Crippen LogP contribution in [0.15, 0.2) is 23.3 Å². The van der Waals surface area contributed by atoms with Gasteiger partial charge in [-0.1, -0.05) is 0 Å². The maximum atomic E-state index is 11.9. The molecule has 0 amide bonds. The number of aromatic amines is 1. The number of methoxy groups -OCH3 is 1. The van der Waals surface area contributed by atoms with Crippen molar-refractivity contribution in [3.63, 3.8) is 0 Å². The molecular weight excluding hydrogens is 354 g/mol. The Kier molecular flexibility index (Phi) is 6.25. The lowest BCUT2D eigenvalue weighted by atomic mass is 10.2. The maximum absolute atomic E-state index is 11.9. The van der Waals surface area contributed by atoms with E-state index in [1.807, 2.05) is 0 Å². The first-order valence-electron chi connectivity index (χ1n) is 8.72. The summed E-state index contributed by atoms with van der Waals surface area (Å²) in [7, 11) is 1.50. The molecule has 1 aliphatic heterocycles. The van der Waals surface area contributed by atoms with Gasteiger partial charge < -0.3 is 23.9 Å². The van der Waals surface area contributed by atoms with Crippen molar-refractivity contribution in [2.24, 2.45) is 0 Å². The van der Waals surface area contributed by atoms with Crippen LogP contribution in [0.25, 0.3) is 10.9 Å². The molecule has 1 saturated heterocycles. The van der Waals surface area contributed by atoms with E-state index in [0.29, 0.717) is 42.2 Å². The Hall–Kier alpha value is -2.65. The predicted octanol–water partition coefficient (Wildman–Crippen LogP) is 0.574. The van der Waals surface area contributed by atoms with Crippen LogP contribution in [-0.4, -0.2) is 73.5 Å². The Balaban J connectivity index is 1.75. The molecule has 0 saturated carbocycles. The Labute approximate surface area is 156 Å². The minimum absolute atomic E-state index is 0.155. The summed E-state index contributed by atoms with van der Waals surface area (Å²) >= 11 is 0. The number of aromatic nitrogens is 2. The van der Waals surface area contributed by atoms with Gasteiger partial charge in [-0.3, -0.25) is 14.5 Å². The molecule has 1 aromatic carbocycles. The summed E-state index contributed by atoms with van der Waals surface area (Å²) in [6.45, 7) is 4.96. The Morgan fingerprint density at radius 1 is 1.33 bits per heavy atom. The molecule has 0 unspecified atom stereocenters. The lowest BCUT2D eigenvalue weighted by Crippen LogP contribution is -2.43. The van der Waals surface area contributed by atoms with Crippen molar-refractivity contribution in [3.05, 3.63) is 28.8 Å². The number of nitrogens with one attached hydrogen (secondary N) is 1. The second kappa shape index (κ2) is 8.83. The van der Waals surface area contributed by atoms with Gasteiger partial charge in [-0.15, -0.1) is 0 Å². The fraction of sp³-hybridized carbons (Fsp3) is 0.500. The number of ether oxygens (including phenoxy) is 4. The van der Waals surface area contributed by atoms with Crippen LogP contribution in [0.4, 0.5) is 0 Å². The minimum atomic E-state index is -0.437. The van der Waals surface area contributed by atoms with Gasteiger partial charge in [0, 0.05) is 32.6 Å². The van der Waals surface area contributed by atoms with Crippen molar-refractivity contribution in [3.8, 4) is 11.5 Å². The van der Waals surface area contributed by atoms with Crippen molar-refractivity contribution >= 4 is 16.9 Å². The molecule has 2 heterocycles. The number of H-pyrrole nitrogens is 1. The zero-order valence-corrected chi connectivity index (χ0v) is 15.4. The van der Waals surface area contributed by atoms with Crippen LogP contribution in [0.1, 0.15) is 6.92 Å². The normalized spacial score (nSPS) is 16.1. The monoisotopic (exact) mass is 377 g/mol. The van der Waals surface area contributed by atoms with Crippen LogP contribution in [0, 0.1) is 0 Å². The van der Waals surface area contributed by atoms with E-state index in [4.69, 9.17) is 18.9 Å². The number of morpholine rings is 1. The number of hydrogen-bond acceptors (Lipinski definition) is 8. The average Bonchev–Trinajstić information content (AvgIpc) is 2.66. The number of carbonyl (C=O) groups excluding carboxylic acids is 1. The highest BCUT2D eigenvalue weighted by atomic mass is 16.6. The number of fused-ring (bicyclic) bond motifs is 1. The Morgan fingerprint density at radius 3 is 2.81 bits per heavy atom. The molecule has 0 spiro atoms. The molecule has 9 heteroatoms. The summed E-state index contributed by atoms with van der Waals surface area (Å²) in [5.74, 6) is 0.478. The summed E-state index contributed by atoms with van der Waals surface area (Å²) in [5, 5.41) is 0.409. The molecule has 2 aromatic rings. The van der Waals surface area contributed by atoms with Crippen molar-refractivity contribution in [2.45, 2.75) is 13.0 Å². The molecule has 1 N–H and O–H groups in total. The van der Waals surface area contributed by atoms with Gasteiger partial charge in [0.2, 0.25) is 0 Å². The van der Waals surface area contributed by atoms with E-state index in [0.717, 1.165) is 13.1 Å². The molecule has 0 bridgehead atoms. The summed E-state index contributed by atoms with van der Waals surface area (Å²) in [5.41, 5.74) is 0.238. The summed E-state index contributed by atoms with van der Waals surface area (Å²) < 4.78 is 21.9. The molecule has 1 fully saturated rings. The summed E-state index contributed by atoms with van der Waals surface area (Å²) in [6.07, 6.45) is 0.897. The third kappa shape index (κ3) is 4.95. The molecule has 146 valence electrons. The van der Waals surface area contributed by atoms with E-state index in [1.54, 1.807) is 12.1 Å². The van der Waals surface area contributed by atoms with Gasteiger partial charge in [-0.05, 0) is 6.07 Å². The second-order valence-electron chi connectivity index (χ2n) is 6.21. The Bertz CT molecular complexity index is 847. The van der Waals surface area contributed by atoms with Gasteiger partial charge >= 0.3 is 5.97 Å². The number of benzene rings is 1. The number of esters is 1. The highest BCUT2D eigenvalue weighted by molar-refractivity contribution is 5.81. The number of rotatable bonds is 7. The van der Waals surface area contributed by atoms with Crippen LogP contribution in [0.5, 0.6) is 11.5 Å². The smallest absolute Gasteiger partial charge is 0.303 e. The van der Waals surface area contributed by atoms with Crippen LogP contribution in [0.2, 0.25) is 0 Å². The van der Waals surface area contributed by atoms with Gasteiger partial charge in [0.25, 0.3) is 5.56 Å². The molecule has 9 nitrogen and oxygen atoms in total. The molecule has 1 aromatic heterocycles. The molecular formula is C18H23N3O6. The first-order valence-corrected chi connectivity index (χ1v) is 8.72. The first-order chi connectivity index (χ1) is 13.1. The number of hydrogen-bond donors (Lipinski definition) is 1. The topological polar surface area (TPSA) is 103 Å². The standard InChI is InChI=1S/C18H23N3O6/c1-12(22)27-13(9-21-3-5-25-6-4-21)10-26-17-8-15-14(7-16(17)24-2)18(23)20-11-19-15/h7-8,11,13H,3-6,9-10H2,1-2H3,(H,19,20,23)/t13-/m0/s1. The first kappa shape index (κ1) is 19.1. The second-order valence-corrected chi connectivity index (χ2v) is 6.21. The van der Waals surface area contributed by atoms with Crippen LogP contribution >= 0.6 is 0 Å². The van der Waals surface area contributed by atoms with Crippen molar-refractivity contribution in [1.82, 2.24) is 14.9 Å². The fourth-order valence-electron chi connectivity index (χ4n) is 2.96. The SMILES string of the molecule is COc1cc2c(=O)[nH]cnc2cc1OC[C@H](CN1CCOCC1)OC(C)=O. The van der Waals surface area contributed by atoms with Crippen LogP contribution in [-0.2, 0) is 14.3 Å².